The van der Waals surface area contributed by atoms with Crippen LogP contribution in [0.15, 0.2) is 60.2 Å². The third kappa shape index (κ3) is 3.50. The monoisotopic (exact) mass is 646 g/mol. The molecule has 2 saturated heterocycles. The van der Waals surface area contributed by atoms with Gasteiger partial charge in [0.2, 0.25) is 11.8 Å². The van der Waals surface area contributed by atoms with Crippen molar-refractivity contribution >= 4 is 68.4 Å². The number of rotatable bonds is 5. The Bertz CT molecular complexity index is 1480. The molecule has 11 heteroatoms. The summed E-state index contributed by atoms with van der Waals surface area (Å²) in [4.78, 5) is 53.5. The Hall–Kier alpha value is -2.88. The summed E-state index contributed by atoms with van der Waals surface area (Å²) in [6.07, 6.45) is 2.05. The minimum atomic E-state index is -1.92. The van der Waals surface area contributed by atoms with Crippen LogP contribution < -0.4 is 9.64 Å². The van der Waals surface area contributed by atoms with E-state index < -0.39 is 45.2 Å². The van der Waals surface area contributed by atoms with Gasteiger partial charge >= 0.3 is 0 Å². The van der Waals surface area contributed by atoms with Crippen molar-refractivity contribution in [1.29, 1.82) is 0 Å². The summed E-state index contributed by atoms with van der Waals surface area (Å²) in [5.74, 6) is -4.86. The number of aromatic hydroxyl groups is 1. The number of hydrogen-bond donors (Lipinski definition) is 1. The topological polar surface area (TPSA) is 104 Å². The highest BCUT2D eigenvalue weighted by atomic mass is 79.9. The highest BCUT2D eigenvalue weighted by Gasteiger charge is 2.76. The van der Waals surface area contributed by atoms with Crippen molar-refractivity contribution in [2.45, 2.75) is 35.4 Å². The molecule has 1 saturated carbocycles. The molecule has 2 aliphatic heterocycles. The van der Waals surface area contributed by atoms with E-state index in [-0.39, 0.29) is 48.2 Å². The van der Waals surface area contributed by atoms with Crippen LogP contribution in [-0.2, 0) is 19.2 Å². The van der Waals surface area contributed by atoms with E-state index >= 15 is 0 Å². The molecular formula is C29H25BrCl2N2O6. The Labute approximate surface area is 249 Å². The van der Waals surface area contributed by atoms with Gasteiger partial charge in [0.25, 0.3) is 11.8 Å². The maximum atomic E-state index is 14.0. The Morgan fingerprint density at radius 2 is 1.75 bits per heavy atom. The zero-order valence-corrected chi connectivity index (χ0v) is 24.4. The third-order valence-electron chi connectivity index (χ3n) is 8.65. The first-order chi connectivity index (χ1) is 19.1. The van der Waals surface area contributed by atoms with Gasteiger partial charge in [0.1, 0.15) is 0 Å². The number of carbonyl (C=O) groups is 4. The normalized spacial score (nSPS) is 33.0. The minimum Gasteiger partial charge on any atom is -0.504 e. The van der Waals surface area contributed by atoms with Gasteiger partial charge in [-0.2, -0.15) is 0 Å². The highest BCUT2D eigenvalue weighted by molar-refractivity contribution is 9.09. The van der Waals surface area contributed by atoms with Crippen molar-refractivity contribution in [3.63, 3.8) is 0 Å². The molecule has 4 amide bonds. The van der Waals surface area contributed by atoms with Gasteiger partial charge in [-0.05, 0) is 55.5 Å². The van der Waals surface area contributed by atoms with Crippen LogP contribution in [0, 0.1) is 17.8 Å². The summed E-state index contributed by atoms with van der Waals surface area (Å²) < 4.78 is 5.61. The number of halogens is 3. The van der Waals surface area contributed by atoms with Crippen molar-refractivity contribution < 1.29 is 29.0 Å². The Kier molecular flexibility index (Phi) is 6.55. The molecule has 40 heavy (non-hydrogen) atoms. The Balaban J connectivity index is 1.53. The van der Waals surface area contributed by atoms with Crippen LogP contribution >= 0.6 is 39.1 Å². The number of carbonyl (C=O) groups excluding carboxylic acids is 4. The molecule has 6 atom stereocenters. The molecule has 208 valence electrons. The SMILES string of the molecule is CCOc1cc([C@H]2C3=CC[C@@H]4C(=O)N(c5ccccc5)C(=O)[C@@H]4[C@@H]3C[C@@]3(Cl)C(=O)N(CBr)C(=O)[C@@]23Cl)ccc1O. The first-order valence-corrected chi connectivity index (χ1v) is 14.9. The van der Waals surface area contributed by atoms with Crippen molar-refractivity contribution in [1.82, 2.24) is 4.90 Å². The van der Waals surface area contributed by atoms with E-state index in [4.69, 9.17) is 27.9 Å². The van der Waals surface area contributed by atoms with Crippen LogP contribution in [0.25, 0.3) is 0 Å². The quantitative estimate of drug-likeness (QED) is 0.218. The summed E-state index contributed by atoms with van der Waals surface area (Å²) in [6.45, 7) is 2.05. The van der Waals surface area contributed by atoms with Crippen molar-refractivity contribution in [3.8, 4) is 11.5 Å². The van der Waals surface area contributed by atoms with Crippen LogP contribution in [0.2, 0.25) is 0 Å². The molecule has 4 aliphatic rings. The number of para-hydroxylation sites is 1. The van der Waals surface area contributed by atoms with E-state index in [2.05, 4.69) is 15.9 Å². The predicted molar refractivity (Wildman–Crippen MR) is 152 cm³/mol. The van der Waals surface area contributed by atoms with Gasteiger partial charge in [0.15, 0.2) is 21.2 Å². The molecule has 2 aromatic rings. The molecule has 0 spiro atoms. The Morgan fingerprint density at radius 3 is 2.42 bits per heavy atom. The van der Waals surface area contributed by atoms with E-state index in [1.54, 1.807) is 49.4 Å². The number of allylic oxidation sites excluding steroid dienone is 2. The molecule has 0 aromatic heterocycles. The average Bonchev–Trinajstić information content (AvgIpc) is 3.28. The number of hydrogen-bond acceptors (Lipinski definition) is 6. The molecule has 2 aromatic carbocycles. The van der Waals surface area contributed by atoms with Crippen molar-refractivity contribution in [2.24, 2.45) is 17.8 Å². The summed E-state index contributed by atoms with van der Waals surface area (Å²) in [6, 6.07) is 13.4. The first-order valence-electron chi connectivity index (χ1n) is 13.0. The number of anilines is 1. The summed E-state index contributed by atoms with van der Waals surface area (Å²) >= 11 is 17.7. The van der Waals surface area contributed by atoms with Gasteiger partial charge in [-0.3, -0.25) is 29.0 Å². The lowest BCUT2D eigenvalue weighted by Gasteiger charge is -2.50. The number of phenols is 1. The molecule has 3 fully saturated rings. The van der Waals surface area contributed by atoms with E-state index in [1.165, 1.54) is 11.0 Å². The van der Waals surface area contributed by atoms with Crippen molar-refractivity contribution in [3.05, 3.63) is 65.7 Å². The van der Waals surface area contributed by atoms with Crippen LogP contribution in [0.4, 0.5) is 5.69 Å². The molecule has 2 heterocycles. The fourth-order valence-corrected chi connectivity index (χ4v) is 8.37. The summed E-state index contributed by atoms with van der Waals surface area (Å²) in [5.41, 5.74) is 1.56. The van der Waals surface area contributed by atoms with E-state index in [1.807, 2.05) is 6.08 Å². The number of imide groups is 2. The zero-order valence-electron chi connectivity index (χ0n) is 21.4. The minimum absolute atomic E-state index is 0.0896. The highest BCUT2D eigenvalue weighted by Crippen LogP contribution is 2.65. The molecular weight excluding hydrogens is 623 g/mol. The summed E-state index contributed by atoms with van der Waals surface area (Å²) in [7, 11) is 0. The fraction of sp³-hybridized carbons (Fsp3) is 0.379. The van der Waals surface area contributed by atoms with Gasteiger partial charge in [-0.1, -0.05) is 51.8 Å². The van der Waals surface area contributed by atoms with Gasteiger partial charge in [0.05, 0.1) is 29.6 Å². The zero-order chi connectivity index (χ0) is 28.6. The molecule has 0 radical (unpaired) electrons. The molecule has 6 rings (SSSR count). The summed E-state index contributed by atoms with van der Waals surface area (Å²) in [5, 5.41) is 10.4. The molecule has 0 unspecified atom stereocenters. The van der Waals surface area contributed by atoms with Crippen molar-refractivity contribution in [2.75, 3.05) is 17.0 Å². The predicted octanol–water partition coefficient (Wildman–Crippen LogP) is 4.71. The van der Waals surface area contributed by atoms with Gasteiger partial charge < -0.3 is 9.84 Å². The van der Waals surface area contributed by atoms with Crippen LogP contribution in [0.3, 0.4) is 0 Å². The number of phenolic OH excluding ortho intramolecular Hbond substituents is 1. The lowest BCUT2D eigenvalue weighted by Crippen LogP contribution is -2.60. The van der Waals surface area contributed by atoms with Crippen LogP contribution in [0.5, 0.6) is 11.5 Å². The molecule has 2 aliphatic carbocycles. The lowest BCUT2D eigenvalue weighted by atomic mass is 9.56. The van der Waals surface area contributed by atoms with Gasteiger partial charge in [-0.25, -0.2) is 0 Å². The number of alkyl halides is 3. The number of fused-ring (bicyclic) bond motifs is 4. The molecule has 1 N–H and O–H groups in total. The average molecular weight is 648 g/mol. The van der Waals surface area contributed by atoms with Gasteiger partial charge in [-0.15, -0.1) is 23.2 Å². The number of nitrogens with zero attached hydrogens (tertiary/aromatic N) is 2. The maximum Gasteiger partial charge on any atom is 0.254 e. The van der Waals surface area contributed by atoms with Gasteiger partial charge in [0, 0.05) is 5.92 Å². The first kappa shape index (κ1) is 27.3. The lowest BCUT2D eigenvalue weighted by molar-refractivity contribution is -0.138. The van der Waals surface area contributed by atoms with Crippen LogP contribution in [0.1, 0.15) is 31.2 Å². The Morgan fingerprint density at radius 1 is 1.02 bits per heavy atom. The third-order valence-corrected chi connectivity index (χ3v) is 10.6. The number of benzene rings is 2. The van der Waals surface area contributed by atoms with E-state index in [9.17, 15) is 24.3 Å². The molecule has 8 nitrogen and oxygen atoms in total. The standard InChI is InChI=1S/C29H25BrCl2N2O6/c1-2-40-21-12-15(8-11-20(21)35)23-17-9-10-18-22(25(37)34(24(18)36)16-6-4-3-5-7-16)19(17)13-28(31)26(38)33(14-30)27(39)29(23,28)32/h3-9,11-12,18-19,22-23,35H,2,10,13-14H2,1H3/t18-,19+,22-,23-,28+,29-/m0/s1. The number of amides is 4. The van der Waals surface area contributed by atoms with Crippen LogP contribution in [-0.4, -0.2) is 55.4 Å². The number of ether oxygens (including phenoxy) is 1. The van der Waals surface area contributed by atoms with E-state index in [0.29, 0.717) is 16.8 Å². The smallest absolute Gasteiger partial charge is 0.254 e. The molecule has 0 bridgehead atoms. The van der Waals surface area contributed by atoms with E-state index in [0.717, 1.165) is 4.90 Å². The second-order valence-corrected chi connectivity index (χ2v) is 12.2. The largest absolute Gasteiger partial charge is 0.504 e. The maximum absolute atomic E-state index is 14.0. The fourth-order valence-electron chi connectivity index (χ4n) is 6.94. The number of likely N-dealkylation sites (tertiary alicyclic amines) is 1. The second kappa shape index (κ2) is 9.60. The second-order valence-electron chi connectivity index (χ2n) is 10.5.